The summed E-state index contributed by atoms with van der Waals surface area (Å²) in [6.07, 6.45) is 0.254. The summed E-state index contributed by atoms with van der Waals surface area (Å²) in [7, 11) is -1.35. The average Bonchev–Trinajstić information content (AvgIpc) is 3.62. The Hall–Kier alpha value is 0.280. The third-order valence-electron chi connectivity index (χ3n) is 5.54. The van der Waals surface area contributed by atoms with Crippen LogP contribution in [0.3, 0.4) is 0 Å². The standard InChI is InChI=1S/C16H26O12S4/c1-21-15(7-23-31(3,17)18)13-11(25-13)9(27-15)5-29-30-6-10-12-14(26-12)16(22-2,28-10)8-24-32(4,19)20/h9-14H,5-8H2,1-4H3/t9-,10-,11+,12+,13+,14+,15-,16-/m1/s1. The molecule has 4 aliphatic heterocycles. The largest absolute Gasteiger partial charge is 0.361 e. The zero-order valence-corrected chi connectivity index (χ0v) is 21.1. The molecule has 4 rings (SSSR count). The fourth-order valence-electron chi connectivity index (χ4n) is 3.85. The van der Waals surface area contributed by atoms with E-state index in [1.807, 2.05) is 0 Å². The van der Waals surface area contributed by atoms with E-state index in [0.29, 0.717) is 11.5 Å². The van der Waals surface area contributed by atoms with Gasteiger partial charge in [-0.3, -0.25) is 8.37 Å². The van der Waals surface area contributed by atoms with E-state index in [0.717, 1.165) is 12.5 Å². The topological polar surface area (TPSA) is 149 Å². The predicted molar refractivity (Wildman–Crippen MR) is 113 cm³/mol. The predicted octanol–water partition coefficient (Wildman–Crippen LogP) is -0.662. The lowest BCUT2D eigenvalue weighted by atomic mass is 10.2. The van der Waals surface area contributed by atoms with E-state index in [1.165, 1.54) is 14.2 Å². The highest BCUT2D eigenvalue weighted by atomic mass is 33.1. The van der Waals surface area contributed by atoms with E-state index < -0.39 is 31.8 Å². The average molecular weight is 539 g/mol. The molecule has 0 spiro atoms. The molecule has 0 radical (unpaired) electrons. The van der Waals surface area contributed by atoms with Crippen molar-refractivity contribution in [2.24, 2.45) is 0 Å². The van der Waals surface area contributed by atoms with Crippen molar-refractivity contribution < 1.29 is 53.6 Å². The number of hydrogen-bond donors (Lipinski definition) is 0. The fraction of sp³-hybridized carbons (Fsp3) is 1.00. The molecule has 0 aromatic carbocycles. The molecule has 0 N–H and O–H groups in total. The molecule has 0 aliphatic carbocycles. The van der Waals surface area contributed by atoms with E-state index in [2.05, 4.69) is 0 Å². The van der Waals surface area contributed by atoms with Gasteiger partial charge in [-0.1, -0.05) is 21.6 Å². The van der Waals surface area contributed by atoms with Crippen LogP contribution in [-0.4, -0.2) is 116 Å². The van der Waals surface area contributed by atoms with Crippen molar-refractivity contribution in [1.29, 1.82) is 0 Å². The Kier molecular flexibility index (Phi) is 7.18. The van der Waals surface area contributed by atoms with Crippen LogP contribution >= 0.6 is 21.6 Å². The summed E-state index contributed by atoms with van der Waals surface area (Å²) in [5.41, 5.74) is 0. The third-order valence-corrected chi connectivity index (χ3v) is 9.04. The Labute approximate surface area is 194 Å². The molecule has 0 bridgehead atoms. The van der Waals surface area contributed by atoms with Crippen molar-refractivity contribution in [2.45, 2.75) is 48.2 Å². The van der Waals surface area contributed by atoms with E-state index >= 15 is 0 Å². The second-order valence-electron chi connectivity index (χ2n) is 7.89. The number of rotatable bonds is 13. The first kappa shape index (κ1) is 25.4. The molecule has 4 fully saturated rings. The van der Waals surface area contributed by atoms with Crippen LogP contribution in [0.15, 0.2) is 0 Å². The van der Waals surface area contributed by atoms with Crippen LogP contribution in [0.1, 0.15) is 0 Å². The summed E-state index contributed by atoms with van der Waals surface area (Å²) in [6, 6.07) is 0. The van der Waals surface area contributed by atoms with Crippen LogP contribution in [0.5, 0.6) is 0 Å². The molecule has 32 heavy (non-hydrogen) atoms. The lowest BCUT2D eigenvalue weighted by Crippen LogP contribution is -2.44. The molecular formula is C16H26O12S4. The van der Waals surface area contributed by atoms with Gasteiger partial charge < -0.3 is 28.4 Å². The number of epoxide rings is 2. The molecule has 0 unspecified atom stereocenters. The zero-order chi connectivity index (χ0) is 23.4. The molecule has 0 aromatic rings. The van der Waals surface area contributed by atoms with Crippen molar-refractivity contribution in [3.8, 4) is 0 Å². The van der Waals surface area contributed by atoms with Crippen molar-refractivity contribution in [2.75, 3.05) is 51.5 Å². The number of fused-ring (bicyclic) bond motifs is 2. The van der Waals surface area contributed by atoms with Gasteiger partial charge in [-0.2, -0.15) is 16.8 Å². The smallest absolute Gasteiger partial charge is 0.264 e. The van der Waals surface area contributed by atoms with E-state index in [1.54, 1.807) is 21.6 Å². The van der Waals surface area contributed by atoms with Gasteiger partial charge in [0.25, 0.3) is 20.2 Å². The molecule has 8 atom stereocenters. The second-order valence-corrected chi connectivity index (χ2v) is 13.7. The van der Waals surface area contributed by atoms with Crippen LogP contribution in [0.4, 0.5) is 0 Å². The highest BCUT2D eigenvalue weighted by Gasteiger charge is 2.69. The van der Waals surface area contributed by atoms with Crippen LogP contribution in [0, 0.1) is 0 Å². The Morgan fingerprint density at radius 2 is 1.12 bits per heavy atom. The van der Waals surface area contributed by atoms with Crippen LogP contribution < -0.4 is 0 Å². The Morgan fingerprint density at radius 1 is 0.750 bits per heavy atom. The highest BCUT2D eigenvalue weighted by Crippen LogP contribution is 2.50. The number of ether oxygens (including phenoxy) is 6. The van der Waals surface area contributed by atoms with Gasteiger partial charge in [-0.05, 0) is 0 Å². The zero-order valence-electron chi connectivity index (χ0n) is 17.8. The van der Waals surface area contributed by atoms with Crippen molar-refractivity contribution in [3.05, 3.63) is 0 Å². The van der Waals surface area contributed by atoms with Crippen LogP contribution in [0.2, 0.25) is 0 Å². The molecule has 16 heteroatoms. The van der Waals surface area contributed by atoms with Crippen LogP contribution in [-0.2, 0) is 57.0 Å². The van der Waals surface area contributed by atoms with Gasteiger partial charge >= 0.3 is 0 Å². The normalized spacial score (nSPS) is 42.6. The Bertz CT molecular complexity index is 838. The van der Waals surface area contributed by atoms with E-state index in [-0.39, 0.29) is 49.8 Å². The van der Waals surface area contributed by atoms with Crippen molar-refractivity contribution in [1.82, 2.24) is 0 Å². The summed E-state index contributed by atoms with van der Waals surface area (Å²) in [5, 5.41) is 0. The molecule has 12 nitrogen and oxygen atoms in total. The number of hydrogen-bond acceptors (Lipinski definition) is 14. The quantitative estimate of drug-likeness (QED) is 0.126. The van der Waals surface area contributed by atoms with Crippen LogP contribution in [0.25, 0.3) is 0 Å². The maximum absolute atomic E-state index is 11.3. The van der Waals surface area contributed by atoms with Gasteiger partial charge in [0, 0.05) is 25.7 Å². The molecule has 4 aliphatic rings. The molecule has 4 heterocycles. The van der Waals surface area contributed by atoms with Gasteiger partial charge in [0.2, 0.25) is 11.6 Å². The summed E-state index contributed by atoms with van der Waals surface area (Å²) < 4.78 is 89.0. The SMILES string of the molecule is CO[C@]1(COS(C)(=O)=O)O[C@H](CSSC[C@H]2O[C@@](COS(C)(=O)=O)(OC)[C@H]3O[C@@H]23)[C@@H]2O[C@@H]21. The Balaban J connectivity index is 1.22. The van der Waals surface area contributed by atoms with E-state index in [9.17, 15) is 16.8 Å². The monoisotopic (exact) mass is 538 g/mol. The van der Waals surface area contributed by atoms with Gasteiger partial charge in [-0.15, -0.1) is 0 Å². The summed E-state index contributed by atoms with van der Waals surface area (Å²) in [5.74, 6) is -1.34. The molecule has 4 saturated heterocycles. The van der Waals surface area contributed by atoms with E-state index in [4.69, 9.17) is 36.8 Å². The fourth-order valence-corrected chi connectivity index (χ4v) is 6.96. The molecular weight excluding hydrogens is 512 g/mol. The molecule has 0 saturated carbocycles. The lowest BCUT2D eigenvalue weighted by molar-refractivity contribution is -0.255. The number of methoxy groups -OCH3 is 2. The molecule has 186 valence electrons. The van der Waals surface area contributed by atoms with Gasteiger partial charge in [0.1, 0.15) is 37.6 Å². The minimum absolute atomic E-state index is 0.181. The minimum Gasteiger partial charge on any atom is -0.361 e. The van der Waals surface area contributed by atoms with Crippen molar-refractivity contribution >= 4 is 41.8 Å². The summed E-state index contributed by atoms with van der Waals surface area (Å²) in [6.45, 7) is -0.550. The molecule has 0 aromatic heterocycles. The first-order valence-corrected chi connectivity index (χ1v) is 15.7. The van der Waals surface area contributed by atoms with Gasteiger partial charge in [0.15, 0.2) is 0 Å². The summed E-state index contributed by atoms with van der Waals surface area (Å²) >= 11 is 0. The second kappa shape index (κ2) is 9.05. The first-order chi connectivity index (χ1) is 14.9. The summed E-state index contributed by atoms with van der Waals surface area (Å²) in [4.78, 5) is 0. The van der Waals surface area contributed by atoms with Gasteiger partial charge in [0.05, 0.1) is 24.7 Å². The first-order valence-electron chi connectivity index (χ1n) is 9.62. The lowest BCUT2D eigenvalue weighted by Gasteiger charge is -2.29. The maximum atomic E-state index is 11.3. The highest BCUT2D eigenvalue weighted by molar-refractivity contribution is 8.76. The molecule has 0 amide bonds. The minimum atomic E-state index is -3.64. The third kappa shape index (κ3) is 5.41. The van der Waals surface area contributed by atoms with Crippen molar-refractivity contribution in [3.63, 3.8) is 0 Å². The van der Waals surface area contributed by atoms with Gasteiger partial charge in [-0.25, -0.2) is 0 Å². The Morgan fingerprint density at radius 3 is 1.44 bits per heavy atom. The maximum Gasteiger partial charge on any atom is 0.264 e.